The van der Waals surface area contributed by atoms with Gasteiger partial charge in [0.15, 0.2) is 0 Å². The van der Waals surface area contributed by atoms with E-state index in [9.17, 15) is 13.2 Å². The first-order chi connectivity index (χ1) is 15.7. The number of rotatable bonds is 6. The van der Waals surface area contributed by atoms with Crippen LogP contribution in [0.5, 0.6) is 0 Å². The normalized spacial score (nSPS) is 19.4. The number of halogens is 1. The molecule has 0 spiro atoms. The van der Waals surface area contributed by atoms with Crippen LogP contribution in [0.1, 0.15) is 29.8 Å². The van der Waals surface area contributed by atoms with E-state index in [-0.39, 0.29) is 35.8 Å². The number of amides is 1. The van der Waals surface area contributed by atoms with E-state index in [1.54, 1.807) is 41.2 Å². The van der Waals surface area contributed by atoms with Gasteiger partial charge in [0.1, 0.15) is 5.82 Å². The molecule has 2 heterocycles. The van der Waals surface area contributed by atoms with Gasteiger partial charge >= 0.3 is 0 Å². The summed E-state index contributed by atoms with van der Waals surface area (Å²) in [5.74, 6) is 0.0765. The molecule has 1 aromatic heterocycles. The maximum Gasteiger partial charge on any atom is 0.256 e. The molecule has 1 amide bonds. The maximum absolute atomic E-state index is 13.2. The van der Waals surface area contributed by atoms with Crippen LogP contribution in [0.25, 0.3) is 0 Å². The van der Waals surface area contributed by atoms with E-state index in [1.165, 1.54) is 16.4 Å². The Bertz CT molecular complexity index is 1230. The molecule has 0 aliphatic carbocycles. The van der Waals surface area contributed by atoms with Crippen molar-refractivity contribution in [3.05, 3.63) is 76.9 Å². The van der Waals surface area contributed by atoms with E-state index in [2.05, 4.69) is 10.4 Å². The summed E-state index contributed by atoms with van der Waals surface area (Å²) < 4.78 is 35.0. The van der Waals surface area contributed by atoms with Crippen molar-refractivity contribution in [3.63, 3.8) is 0 Å². The van der Waals surface area contributed by atoms with Gasteiger partial charge in [-0.05, 0) is 49.7 Å². The summed E-state index contributed by atoms with van der Waals surface area (Å²) in [4.78, 5) is 13.0. The maximum atomic E-state index is 13.2. The van der Waals surface area contributed by atoms with Crippen LogP contribution in [0.15, 0.2) is 65.7 Å². The van der Waals surface area contributed by atoms with Gasteiger partial charge in [-0.2, -0.15) is 9.40 Å². The number of anilines is 1. The molecule has 3 aromatic rings. The average molecular weight is 489 g/mol. The van der Waals surface area contributed by atoms with Gasteiger partial charge < -0.3 is 10.1 Å². The number of nitrogens with zero attached hydrogens (tertiary/aromatic N) is 3. The Kier molecular flexibility index (Phi) is 6.85. The summed E-state index contributed by atoms with van der Waals surface area (Å²) in [6.45, 7) is 4.67. The first-order valence-corrected chi connectivity index (χ1v) is 12.4. The Morgan fingerprint density at radius 3 is 2.52 bits per heavy atom. The smallest absolute Gasteiger partial charge is 0.256 e. The highest BCUT2D eigenvalue weighted by Gasteiger charge is 2.32. The van der Waals surface area contributed by atoms with Crippen LogP contribution < -0.4 is 5.32 Å². The quantitative estimate of drug-likeness (QED) is 0.571. The number of sulfonamides is 1. The van der Waals surface area contributed by atoms with Gasteiger partial charge in [-0.15, -0.1) is 0 Å². The second-order valence-electron chi connectivity index (χ2n) is 8.06. The van der Waals surface area contributed by atoms with E-state index in [0.717, 1.165) is 5.56 Å². The largest absolute Gasteiger partial charge is 0.373 e. The van der Waals surface area contributed by atoms with Crippen molar-refractivity contribution >= 4 is 33.3 Å². The van der Waals surface area contributed by atoms with Crippen molar-refractivity contribution in [2.45, 2.75) is 37.5 Å². The highest BCUT2D eigenvalue weighted by molar-refractivity contribution is 7.89. The van der Waals surface area contributed by atoms with E-state index in [0.29, 0.717) is 17.4 Å². The zero-order chi connectivity index (χ0) is 23.6. The molecule has 0 bridgehead atoms. The summed E-state index contributed by atoms with van der Waals surface area (Å²) in [5.41, 5.74) is 1.21. The monoisotopic (exact) mass is 488 g/mol. The molecule has 174 valence electrons. The molecule has 2 unspecified atom stereocenters. The number of hydrogen-bond donors (Lipinski definition) is 1. The molecule has 1 saturated heterocycles. The molecule has 1 N–H and O–H groups in total. The highest BCUT2D eigenvalue weighted by atomic mass is 35.5. The Morgan fingerprint density at radius 1 is 1.12 bits per heavy atom. The van der Waals surface area contributed by atoms with Crippen LogP contribution in [0.4, 0.5) is 5.82 Å². The van der Waals surface area contributed by atoms with Crippen molar-refractivity contribution in [2.75, 3.05) is 18.4 Å². The fourth-order valence-electron chi connectivity index (χ4n) is 3.79. The minimum atomic E-state index is -3.75. The van der Waals surface area contributed by atoms with Crippen molar-refractivity contribution < 1.29 is 17.9 Å². The lowest BCUT2D eigenvalue weighted by Gasteiger charge is -2.34. The molecule has 1 fully saturated rings. The predicted molar refractivity (Wildman–Crippen MR) is 126 cm³/mol. The number of hydrogen-bond acceptors (Lipinski definition) is 5. The first kappa shape index (κ1) is 23.4. The fourth-order valence-corrected chi connectivity index (χ4v) is 5.55. The van der Waals surface area contributed by atoms with Crippen molar-refractivity contribution in [2.24, 2.45) is 0 Å². The van der Waals surface area contributed by atoms with Crippen molar-refractivity contribution in [1.29, 1.82) is 0 Å². The zero-order valence-electron chi connectivity index (χ0n) is 18.3. The molecule has 33 heavy (non-hydrogen) atoms. The number of carbonyl (C=O) groups is 1. The number of morpholine rings is 1. The molecule has 8 nitrogen and oxygen atoms in total. The van der Waals surface area contributed by atoms with Gasteiger partial charge in [0.25, 0.3) is 5.91 Å². The van der Waals surface area contributed by atoms with Gasteiger partial charge in [0.05, 0.1) is 29.8 Å². The summed E-state index contributed by atoms with van der Waals surface area (Å²) >= 11 is 5.94. The minimum absolute atomic E-state index is 0.0751. The fraction of sp³-hybridized carbons (Fsp3) is 0.304. The lowest BCUT2D eigenvalue weighted by atomic mass is 10.2. The number of carbonyl (C=O) groups excluding carboxylic acids is 1. The highest BCUT2D eigenvalue weighted by Crippen LogP contribution is 2.22. The molecule has 0 saturated carbocycles. The predicted octanol–water partition coefficient (Wildman–Crippen LogP) is 3.64. The number of benzene rings is 2. The zero-order valence-corrected chi connectivity index (χ0v) is 19.9. The molecular weight excluding hydrogens is 464 g/mol. The molecule has 2 atom stereocenters. The molecule has 2 aromatic carbocycles. The van der Waals surface area contributed by atoms with Gasteiger partial charge in [0, 0.05) is 29.7 Å². The number of aromatic nitrogens is 2. The van der Waals surface area contributed by atoms with Crippen LogP contribution in [0, 0.1) is 0 Å². The molecule has 0 radical (unpaired) electrons. The summed E-state index contributed by atoms with van der Waals surface area (Å²) in [5, 5.41) is 7.73. The third kappa shape index (κ3) is 5.44. The minimum Gasteiger partial charge on any atom is -0.373 e. The van der Waals surface area contributed by atoms with Crippen LogP contribution in [0.2, 0.25) is 5.02 Å². The van der Waals surface area contributed by atoms with Gasteiger partial charge in [-0.25, -0.2) is 13.1 Å². The summed E-state index contributed by atoms with van der Waals surface area (Å²) in [6.07, 6.45) is 1.19. The number of ether oxygens (including phenoxy) is 1. The Labute approximate surface area is 198 Å². The van der Waals surface area contributed by atoms with Crippen molar-refractivity contribution in [3.8, 4) is 0 Å². The van der Waals surface area contributed by atoms with E-state index in [1.807, 2.05) is 26.0 Å². The Hall–Kier alpha value is -2.72. The van der Waals surface area contributed by atoms with Crippen molar-refractivity contribution in [1.82, 2.24) is 14.1 Å². The molecule has 4 rings (SSSR count). The van der Waals surface area contributed by atoms with E-state index < -0.39 is 15.9 Å². The molecule has 1 aliphatic heterocycles. The van der Waals surface area contributed by atoms with Crippen LogP contribution in [-0.2, 0) is 21.3 Å². The second kappa shape index (κ2) is 9.64. The SMILES string of the molecule is CC1CN(S(=O)(=O)c2cccc(C(=O)Nc3ccnn3Cc3ccc(Cl)cc3)c2)CC(C)O1. The van der Waals surface area contributed by atoms with Gasteiger partial charge in [0.2, 0.25) is 10.0 Å². The van der Waals surface area contributed by atoms with Gasteiger partial charge in [-0.3, -0.25) is 4.79 Å². The van der Waals surface area contributed by atoms with E-state index in [4.69, 9.17) is 16.3 Å². The van der Waals surface area contributed by atoms with Crippen LogP contribution >= 0.6 is 11.6 Å². The third-order valence-corrected chi connectivity index (χ3v) is 7.40. The Balaban J connectivity index is 1.51. The van der Waals surface area contributed by atoms with E-state index >= 15 is 0 Å². The lowest BCUT2D eigenvalue weighted by molar-refractivity contribution is -0.0440. The molecule has 1 aliphatic rings. The summed E-state index contributed by atoms with van der Waals surface area (Å²) in [6, 6.07) is 15.1. The molecule has 10 heteroatoms. The third-order valence-electron chi connectivity index (χ3n) is 5.32. The second-order valence-corrected chi connectivity index (χ2v) is 10.4. The summed E-state index contributed by atoms with van der Waals surface area (Å²) in [7, 11) is -3.75. The topological polar surface area (TPSA) is 93.5 Å². The first-order valence-electron chi connectivity index (χ1n) is 10.6. The Morgan fingerprint density at radius 2 is 1.82 bits per heavy atom. The molecular formula is C23H25ClN4O4S. The lowest BCUT2D eigenvalue weighted by Crippen LogP contribution is -2.48. The van der Waals surface area contributed by atoms with Crippen LogP contribution in [-0.4, -0.2) is 53.7 Å². The number of nitrogens with one attached hydrogen (secondary N) is 1. The van der Waals surface area contributed by atoms with Gasteiger partial charge in [-0.1, -0.05) is 29.8 Å². The average Bonchev–Trinajstić information content (AvgIpc) is 3.21. The standard InChI is InChI=1S/C23H25ClN4O4S/c1-16-13-27(14-17(2)32-16)33(30,31)21-5-3-4-19(12-21)23(29)26-22-10-11-25-28(22)15-18-6-8-20(24)9-7-18/h3-12,16-17H,13-15H2,1-2H3,(H,26,29). The van der Waals surface area contributed by atoms with Crippen LogP contribution in [0.3, 0.4) is 0 Å².